The summed E-state index contributed by atoms with van der Waals surface area (Å²) in [6.45, 7) is 1.23. The first-order valence-corrected chi connectivity index (χ1v) is 10.1. The molecule has 1 aliphatic heterocycles. The Balaban J connectivity index is 1.38. The maximum absolute atomic E-state index is 12.6. The summed E-state index contributed by atoms with van der Waals surface area (Å²) >= 11 is 7.38. The first-order chi connectivity index (χ1) is 12.6. The predicted octanol–water partition coefficient (Wildman–Crippen LogP) is 3.66. The van der Waals surface area contributed by atoms with E-state index in [1.807, 2.05) is 17.0 Å². The minimum atomic E-state index is 0.0815. The van der Waals surface area contributed by atoms with Crippen molar-refractivity contribution in [2.24, 2.45) is 5.92 Å². The van der Waals surface area contributed by atoms with Crippen molar-refractivity contribution in [3.63, 3.8) is 0 Å². The molecule has 7 heteroatoms. The van der Waals surface area contributed by atoms with E-state index in [0.29, 0.717) is 29.7 Å². The van der Waals surface area contributed by atoms with E-state index >= 15 is 0 Å². The third kappa shape index (κ3) is 3.76. The monoisotopic (exact) mass is 389 g/mol. The van der Waals surface area contributed by atoms with Crippen molar-refractivity contribution < 1.29 is 9.59 Å². The van der Waals surface area contributed by atoms with Crippen LogP contribution in [0.2, 0.25) is 5.02 Å². The molecule has 1 N–H and O–H groups in total. The number of hydrogen-bond acceptors (Lipinski definition) is 4. The molecule has 1 saturated carbocycles. The van der Waals surface area contributed by atoms with Crippen LogP contribution in [-0.4, -0.2) is 28.2 Å². The number of nitrogens with one attached hydrogen (secondary N) is 1. The number of nitrogens with zero attached hydrogens (tertiary/aromatic N) is 2. The van der Waals surface area contributed by atoms with E-state index in [4.69, 9.17) is 11.6 Å². The summed E-state index contributed by atoms with van der Waals surface area (Å²) in [4.78, 5) is 32.2. The van der Waals surface area contributed by atoms with Crippen LogP contribution in [0.1, 0.15) is 35.4 Å². The summed E-state index contributed by atoms with van der Waals surface area (Å²) < 4.78 is 0. The number of carbonyl (C=O) groups is 2. The van der Waals surface area contributed by atoms with Gasteiger partial charge < -0.3 is 10.2 Å². The highest BCUT2D eigenvalue weighted by Gasteiger charge is 2.28. The fourth-order valence-corrected chi connectivity index (χ4v) is 4.38. The van der Waals surface area contributed by atoms with Crippen molar-refractivity contribution in [3.05, 3.63) is 45.4 Å². The van der Waals surface area contributed by atoms with Crippen LogP contribution in [0.3, 0.4) is 0 Å². The average Bonchev–Trinajstić information content (AvgIpc) is 2.96. The summed E-state index contributed by atoms with van der Waals surface area (Å²) in [6.07, 6.45) is 4.19. The van der Waals surface area contributed by atoms with Crippen molar-refractivity contribution in [3.8, 4) is 0 Å². The zero-order chi connectivity index (χ0) is 18.1. The van der Waals surface area contributed by atoms with Gasteiger partial charge >= 0.3 is 0 Å². The van der Waals surface area contributed by atoms with Crippen LogP contribution in [0.4, 0.5) is 5.13 Å². The van der Waals surface area contributed by atoms with Gasteiger partial charge in [0.1, 0.15) is 0 Å². The molecule has 2 amide bonds. The number of amides is 2. The maximum atomic E-state index is 12.6. The van der Waals surface area contributed by atoms with E-state index in [1.54, 1.807) is 12.1 Å². The molecule has 2 heterocycles. The lowest BCUT2D eigenvalue weighted by Gasteiger charge is -2.26. The molecule has 4 rings (SSSR count). The fourth-order valence-electron chi connectivity index (χ4n) is 3.23. The summed E-state index contributed by atoms with van der Waals surface area (Å²) in [7, 11) is 0. The highest BCUT2D eigenvalue weighted by molar-refractivity contribution is 7.15. The van der Waals surface area contributed by atoms with Crippen LogP contribution >= 0.6 is 22.9 Å². The predicted molar refractivity (Wildman–Crippen MR) is 102 cm³/mol. The Morgan fingerprint density at radius 2 is 2.04 bits per heavy atom. The van der Waals surface area contributed by atoms with Crippen molar-refractivity contribution in [1.82, 2.24) is 9.88 Å². The number of rotatable bonds is 4. The van der Waals surface area contributed by atoms with E-state index in [9.17, 15) is 9.59 Å². The van der Waals surface area contributed by atoms with Crippen molar-refractivity contribution in [1.29, 1.82) is 0 Å². The second kappa shape index (κ2) is 7.37. The molecule has 0 atom stereocenters. The Morgan fingerprint density at radius 1 is 1.27 bits per heavy atom. The van der Waals surface area contributed by atoms with E-state index in [-0.39, 0.29) is 17.7 Å². The lowest BCUT2D eigenvalue weighted by atomic mass is 9.85. The van der Waals surface area contributed by atoms with E-state index < -0.39 is 0 Å². The number of anilines is 1. The lowest BCUT2D eigenvalue weighted by molar-refractivity contribution is -0.131. The third-order valence-electron chi connectivity index (χ3n) is 5.06. The molecular weight excluding hydrogens is 370 g/mol. The zero-order valence-electron chi connectivity index (χ0n) is 14.3. The number of halogens is 1. The fraction of sp³-hybridized carbons (Fsp3) is 0.421. The first-order valence-electron chi connectivity index (χ1n) is 8.90. The topological polar surface area (TPSA) is 62.3 Å². The molecule has 1 aromatic carbocycles. The molecule has 0 saturated heterocycles. The van der Waals surface area contributed by atoms with E-state index in [1.165, 1.54) is 11.3 Å². The third-order valence-corrected chi connectivity index (χ3v) is 6.31. The van der Waals surface area contributed by atoms with Crippen molar-refractivity contribution in [2.45, 2.75) is 38.6 Å². The number of thiazole rings is 1. The molecule has 0 spiro atoms. The lowest BCUT2D eigenvalue weighted by Crippen LogP contribution is -2.36. The molecule has 26 heavy (non-hydrogen) atoms. The van der Waals surface area contributed by atoms with E-state index in [2.05, 4.69) is 10.3 Å². The molecule has 0 unspecified atom stereocenters. The van der Waals surface area contributed by atoms with Gasteiger partial charge in [-0.3, -0.25) is 9.59 Å². The molecule has 1 aliphatic carbocycles. The highest BCUT2D eigenvalue weighted by atomic mass is 35.5. The quantitative estimate of drug-likeness (QED) is 0.867. The summed E-state index contributed by atoms with van der Waals surface area (Å²) in [5.74, 6) is 0.331. The van der Waals surface area contributed by atoms with Gasteiger partial charge in [-0.05, 0) is 30.5 Å². The minimum Gasteiger partial charge on any atom is -0.337 e. The number of fused-ring (bicyclic) bond motifs is 1. The molecule has 2 aliphatic rings. The van der Waals surface area contributed by atoms with E-state index in [0.717, 1.165) is 41.8 Å². The highest BCUT2D eigenvalue weighted by Crippen LogP contribution is 2.31. The Hall–Kier alpha value is -1.92. The van der Waals surface area contributed by atoms with Crippen molar-refractivity contribution in [2.75, 3.05) is 11.9 Å². The van der Waals surface area contributed by atoms with Crippen molar-refractivity contribution >= 4 is 39.9 Å². The Morgan fingerprint density at radius 3 is 2.73 bits per heavy atom. The number of hydrogen-bond donors (Lipinski definition) is 1. The molecular formula is C19H20ClN3O2S. The molecule has 1 aromatic heterocycles. The first kappa shape index (κ1) is 17.5. The number of benzene rings is 1. The minimum absolute atomic E-state index is 0.0815. The molecule has 0 radical (unpaired) electrons. The largest absolute Gasteiger partial charge is 0.337 e. The number of carbonyl (C=O) groups excluding carboxylic acids is 2. The molecule has 1 fully saturated rings. The van der Waals surface area contributed by atoms with Gasteiger partial charge in [0.25, 0.3) is 0 Å². The Bertz CT molecular complexity index is 830. The summed E-state index contributed by atoms with van der Waals surface area (Å²) in [5, 5.41) is 4.28. The Labute approximate surface area is 161 Å². The molecule has 2 aromatic rings. The molecule has 136 valence electrons. The van der Waals surface area contributed by atoms with Crippen LogP contribution in [0.15, 0.2) is 24.3 Å². The second-order valence-electron chi connectivity index (χ2n) is 6.87. The Kier molecular flexibility index (Phi) is 4.96. The van der Waals surface area contributed by atoms with Crippen LogP contribution in [0, 0.1) is 5.92 Å². The molecule has 5 nitrogen and oxygen atoms in total. The van der Waals surface area contributed by atoms with Gasteiger partial charge in [-0.2, -0.15) is 0 Å². The van der Waals surface area contributed by atoms with Gasteiger partial charge in [-0.25, -0.2) is 4.98 Å². The van der Waals surface area contributed by atoms with Gasteiger partial charge in [0.05, 0.1) is 18.7 Å². The van der Waals surface area contributed by atoms with Crippen LogP contribution in [-0.2, 0) is 29.0 Å². The van der Waals surface area contributed by atoms with Gasteiger partial charge in [0, 0.05) is 28.8 Å². The number of aromatic nitrogens is 1. The zero-order valence-corrected chi connectivity index (χ0v) is 15.9. The maximum Gasteiger partial charge on any atom is 0.229 e. The van der Waals surface area contributed by atoms with Gasteiger partial charge in [-0.1, -0.05) is 41.5 Å². The standard InChI is InChI=1S/C19H20ClN3O2S/c20-14-6-4-12(5-7-14)10-17(24)23-9-8-15-16(11-23)26-19(21-15)22-18(25)13-2-1-3-13/h4-7,13H,1-3,8-11H2,(H,21,22,25). The van der Waals surface area contributed by atoms with Crippen LogP contribution < -0.4 is 5.32 Å². The summed E-state index contributed by atoms with van der Waals surface area (Å²) in [6, 6.07) is 7.38. The SMILES string of the molecule is O=C(Nc1nc2c(s1)CN(C(=O)Cc1ccc(Cl)cc1)CC2)C1CCC1. The van der Waals surface area contributed by atoms with Gasteiger partial charge in [-0.15, -0.1) is 0 Å². The van der Waals surface area contributed by atoms with Gasteiger partial charge in [0.15, 0.2) is 5.13 Å². The normalized spacial score (nSPS) is 16.7. The molecule has 0 bridgehead atoms. The average molecular weight is 390 g/mol. The smallest absolute Gasteiger partial charge is 0.229 e. The van der Waals surface area contributed by atoms with Crippen LogP contribution in [0.25, 0.3) is 0 Å². The second-order valence-corrected chi connectivity index (χ2v) is 8.39. The van der Waals surface area contributed by atoms with Crippen LogP contribution in [0.5, 0.6) is 0 Å². The van der Waals surface area contributed by atoms with Gasteiger partial charge in [0.2, 0.25) is 11.8 Å². The summed E-state index contributed by atoms with van der Waals surface area (Å²) in [5.41, 5.74) is 1.97.